The number of ether oxygens (including phenoxy) is 2. The number of rotatable bonds is 9. The summed E-state index contributed by atoms with van der Waals surface area (Å²) in [5.41, 5.74) is 8.52. The lowest BCUT2D eigenvalue weighted by Crippen LogP contribution is -2.48. The molecule has 2 aliphatic heterocycles. The van der Waals surface area contributed by atoms with Crippen LogP contribution in [0.2, 0.25) is 0 Å². The number of nitrogen functional groups attached to an aromatic ring is 1. The number of nitriles is 2. The van der Waals surface area contributed by atoms with Gasteiger partial charge in [0.05, 0.1) is 46.1 Å². The first kappa shape index (κ1) is 32.7. The molecule has 1 amide bonds. The molecule has 2 aromatic heterocycles. The zero-order chi connectivity index (χ0) is 34.6. The molecule has 1 spiro atoms. The third-order valence-corrected chi connectivity index (χ3v) is 11.5. The molecule has 13 heteroatoms. The monoisotopic (exact) mass is 680 g/mol. The fraction of sp³-hybridized carbons (Fsp3) is 0.417. The smallest absolute Gasteiger partial charge is 0.319 e. The summed E-state index contributed by atoms with van der Waals surface area (Å²) < 4.78 is 27.1. The highest BCUT2D eigenvalue weighted by molar-refractivity contribution is 7.23. The van der Waals surface area contributed by atoms with E-state index in [0.717, 1.165) is 24.3 Å². The predicted molar refractivity (Wildman–Crippen MR) is 187 cm³/mol. The van der Waals surface area contributed by atoms with Crippen molar-refractivity contribution in [1.82, 2.24) is 19.8 Å². The third-order valence-electron chi connectivity index (χ3n) is 10.5. The van der Waals surface area contributed by atoms with Gasteiger partial charge in [0.1, 0.15) is 29.3 Å². The Morgan fingerprint density at radius 2 is 2.04 bits per heavy atom. The Morgan fingerprint density at radius 3 is 2.71 bits per heavy atom. The molecule has 4 aromatic rings. The molecule has 3 atom stereocenters. The van der Waals surface area contributed by atoms with Gasteiger partial charge in [0.2, 0.25) is 5.91 Å². The number of benzene rings is 2. The Kier molecular flexibility index (Phi) is 8.39. The number of thiophene rings is 1. The highest BCUT2D eigenvalue weighted by atomic mass is 32.1. The van der Waals surface area contributed by atoms with Crippen LogP contribution >= 0.6 is 11.3 Å². The van der Waals surface area contributed by atoms with Crippen molar-refractivity contribution in [3.63, 3.8) is 0 Å². The Morgan fingerprint density at radius 1 is 1.24 bits per heavy atom. The van der Waals surface area contributed by atoms with Crippen molar-refractivity contribution < 1.29 is 18.7 Å². The summed E-state index contributed by atoms with van der Waals surface area (Å²) in [6.07, 6.45) is 5.53. The van der Waals surface area contributed by atoms with E-state index < -0.39 is 5.82 Å². The zero-order valence-corrected chi connectivity index (χ0v) is 28.5. The molecular formula is C36H37FN8O3S. The van der Waals surface area contributed by atoms with E-state index in [1.807, 2.05) is 11.9 Å². The van der Waals surface area contributed by atoms with Gasteiger partial charge in [-0.2, -0.15) is 20.5 Å². The molecule has 4 heterocycles. The number of anilines is 2. The van der Waals surface area contributed by atoms with Gasteiger partial charge in [-0.1, -0.05) is 12.6 Å². The number of likely N-dealkylation sites (N-methyl/N-ethyl adjacent to an activating group) is 2. The highest BCUT2D eigenvalue weighted by Gasteiger charge is 2.51. The SMILES string of the molecule is C=CC(=O)N1CCC(N(C)c2nc(OC[C@@H]3CC4(CC4)CN3C)nc3cc(-c4ccc(F)c5sc(N)c(C#N)c45)c(C#N)cc23)C1COC. The second-order valence-electron chi connectivity index (χ2n) is 13.4. The summed E-state index contributed by atoms with van der Waals surface area (Å²) in [5.74, 6) is -0.118. The minimum Gasteiger partial charge on any atom is -0.462 e. The van der Waals surface area contributed by atoms with Gasteiger partial charge in [-0.25, -0.2) is 4.39 Å². The summed E-state index contributed by atoms with van der Waals surface area (Å²) in [5, 5.41) is 21.6. The molecule has 49 heavy (non-hydrogen) atoms. The average Bonchev–Trinajstić information content (AvgIpc) is 3.40. The van der Waals surface area contributed by atoms with Crippen molar-refractivity contribution in [3.8, 4) is 29.3 Å². The number of likely N-dealkylation sites (tertiary alicyclic amines) is 2. The van der Waals surface area contributed by atoms with E-state index >= 15 is 0 Å². The summed E-state index contributed by atoms with van der Waals surface area (Å²) in [7, 11) is 5.65. The van der Waals surface area contributed by atoms with E-state index in [9.17, 15) is 19.7 Å². The first-order valence-corrected chi connectivity index (χ1v) is 17.1. The number of fused-ring (bicyclic) bond motifs is 2. The molecule has 3 fully saturated rings. The van der Waals surface area contributed by atoms with Crippen molar-refractivity contribution in [2.45, 2.75) is 43.8 Å². The fourth-order valence-electron chi connectivity index (χ4n) is 7.80. The van der Waals surface area contributed by atoms with Crippen LogP contribution < -0.4 is 15.4 Å². The number of hydrogen-bond acceptors (Lipinski definition) is 11. The minimum atomic E-state index is -0.491. The maximum absolute atomic E-state index is 15.0. The van der Waals surface area contributed by atoms with Crippen LogP contribution in [0.15, 0.2) is 36.9 Å². The van der Waals surface area contributed by atoms with Crippen LogP contribution in [0.5, 0.6) is 6.01 Å². The van der Waals surface area contributed by atoms with Gasteiger partial charge < -0.3 is 25.0 Å². The number of carbonyl (C=O) groups excluding carboxylic acids is 1. The van der Waals surface area contributed by atoms with E-state index in [-0.39, 0.29) is 45.3 Å². The molecule has 11 nitrogen and oxygen atoms in total. The van der Waals surface area contributed by atoms with Gasteiger partial charge in [0, 0.05) is 49.6 Å². The molecule has 0 radical (unpaired) electrons. The van der Waals surface area contributed by atoms with Crippen molar-refractivity contribution in [2.75, 3.05) is 58.1 Å². The van der Waals surface area contributed by atoms with E-state index in [2.05, 4.69) is 30.7 Å². The van der Waals surface area contributed by atoms with Crippen LogP contribution in [-0.4, -0.2) is 91.3 Å². The second kappa shape index (κ2) is 12.6. The van der Waals surface area contributed by atoms with Crippen LogP contribution in [0.25, 0.3) is 32.1 Å². The number of aromatic nitrogens is 2. The highest BCUT2D eigenvalue weighted by Crippen LogP contribution is 2.54. The quantitative estimate of drug-likeness (QED) is 0.238. The Labute approximate surface area is 287 Å². The van der Waals surface area contributed by atoms with Crippen LogP contribution in [0.3, 0.4) is 0 Å². The van der Waals surface area contributed by atoms with Crippen LogP contribution in [0, 0.1) is 33.9 Å². The fourth-order valence-corrected chi connectivity index (χ4v) is 8.74. The molecule has 1 aliphatic carbocycles. The number of halogens is 1. The van der Waals surface area contributed by atoms with Gasteiger partial charge in [-0.15, -0.1) is 11.3 Å². The summed E-state index contributed by atoms with van der Waals surface area (Å²) in [6, 6.07) is 10.8. The number of methoxy groups -OCH3 is 1. The molecule has 252 valence electrons. The third kappa shape index (κ3) is 5.62. The molecular weight excluding hydrogens is 644 g/mol. The van der Waals surface area contributed by atoms with Crippen LogP contribution in [0.1, 0.15) is 36.8 Å². The van der Waals surface area contributed by atoms with Gasteiger partial charge in [0.15, 0.2) is 0 Å². The minimum absolute atomic E-state index is 0.167. The van der Waals surface area contributed by atoms with E-state index in [0.29, 0.717) is 70.4 Å². The molecule has 2 aromatic carbocycles. The van der Waals surface area contributed by atoms with E-state index in [1.165, 1.54) is 25.0 Å². The molecule has 3 aliphatic rings. The molecule has 2 N–H and O–H groups in total. The van der Waals surface area contributed by atoms with E-state index in [1.54, 1.807) is 30.2 Å². The first-order chi connectivity index (χ1) is 23.6. The molecule has 1 saturated carbocycles. The van der Waals surface area contributed by atoms with Gasteiger partial charge in [-0.3, -0.25) is 9.69 Å². The molecule has 2 unspecified atom stereocenters. The van der Waals surface area contributed by atoms with Crippen molar-refractivity contribution in [2.24, 2.45) is 5.41 Å². The lowest BCUT2D eigenvalue weighted by Gasteiger charge is -2.33. The number of nitrogens with zero attached hydrogens (tertiary/aromatic N) is 7. The topological polar surface area (TPSA) is 145 Å². The summed E-state index contributed by atoms with van der Waals surface area (Å²) in [4.78, 5) is 28.7. The predicted octanol–water partition coefficient (Wildman–Crippen LogP) is 5.08. The van der Waals surface area contributed by atoms with Crippen LogP contribution in [-0.2, 0) is 9.53 Å². The second-order valence-corrected chi connectivity index (χ2v) is 14.5. The molecule has 7 rings (SSSR count). The number of nitrogens with two attached hydrogens (primary N) is 1. The van der Waals surface area contributed by atoms with Gasteiger partial charge >= 0.3 is 6.01 Å². The number of carbonyl (C=O) groups is 1. The van der Waals surface area contributed by atoms with Crippen LogP contribution in [0.4, 0.5) is 15.2 Å². The van der Waals surface area contributed by atoms with Gasteiger partial charge in [-0.05, 0) is 68.0 Å². The summed E-state index contributed by atoms with van der Waals surface area (Å²) >= 11 is 1.01. The number of amides is 1. The van der Waals surface area contributed by atoms with Gasteiger partial charge in [0.25, 0.3) is 0 Å². The maximum Gasteiger partial charge on any atom is 0.319 e. The maximum atomic E-state index is 15.0. The Bertz CT molecular complexity index is 2080. The van der Waals surface area contributed by atoms with Crippen molar-refractivity contribution in [3.05, 3.63) is 53.9 Å². The summed E-state index contributed by atoms with van der Waals surface area (Å²) in [6.45, 7) is 5.99. The molecule has 0 bridgehead atoms. The Balaban J connectivity index is 1.36. The average molecular weight is 681 g/mol. The first-order valence-electron chi connectivity index (χ1n) is 16.3. The normalized spacial score (nSPS) is 21.3. The largest absolute Gasteiger partial charge is 0.462 e. The Hall–Kier alpha value is -4.82. The standard InChI is InChI=1S/C36H37FN8O3S/c1-5-30(46)45-11-8-28(29(45)18-47-4)44(3)34-24-12-20(15-38)23(22-6-7-26(37)32-31(22)25(16-39)33(40)49-32)13-27(24)41-35(42-34)48-17-21-14-36(9-10-36)19-43(21)2/h5-7,12-13,21,28-29H,1,8-11,14,17-19,40H2,2-4H3/t21-,28?,29?/m0/s1. The zero-order valence-electron chi connectivity index (χ0n) is 27.7. The lowest BCUT2D eigenvalue weighted by atomic mass is 9.94. The lowest BCUT2D eigenvalue weighted by molar-refractivity contribution is -0.127. The van der Waals surface area contributed by atoms with E-state index in [4.69, 9.17) is 25.2 Å². The van der Waals surface area contributed by atoms with Crippen molar-refractivity contribution in [1.29, 1.82) is 10.5 Å². The number of hydrogen-bond donors (Lipinski definition) is 1. The van der Waals surface area contributed by atoms with Crippen molar-refractivity contribution >= 4 is 49.1 Å². The molecule has 2 saturated heterocycles.